The van der Waals surface area contributed by atoms with Crippen LogP contribution < -0.4 is 5.32 Å². The highest BCUT2D eigenvalue weighted by Gasteiger charge is 2.11. The fourth-order valence-electron chi connectivity index (χ4n) is 2.02. The molecule has 0 fully saturated rings. The molecule has 0 saturated heterocycles. The topological polar surface area (TPSA) is 51.5 Å². The van der Waals surface area contributed by atoms with Gasteiger partial charge >= 0.3 is 5.97 Å². The van der Waals surface area contributed by atoms with E-state index in [1.807, 2.05) is 6.92 Å². The van der Waals surface area contributed by atoms with Crippen molar-refractivity contribution in [3.8, 4) is 0 Å². The highest BCUT2D eigenvalue weighted by molar-refractivity contribution is 5.88. The molecule has 0 aliphatic heterocycles. The fourth-order valence-corrected chi connectivity index (χ4v) is 2.02. The molecule has 5 heteroatoms. The number of furan rings is 1. The average Bonchev–Trinajstić information content (AvgIpc) is 2.96. The van der Waals surface area contributed by atoms with Gasteiger partial charge in [-0.05, 0) is 37.1 Å². The van der Waals surface area contributed by atoms with Crippen molar-refractivity contribution in [2.75, 3.05) is 7.11 Å². The van der Waals surface area contributed by atoms with Crippen LogP contribution in [0.1, 0.15) is 28.6 Å². The third-order valence-corrected chi connectivity index (χ3v) is 3.15. The molecule has 1 aromatic carbocycles. The summed E-state index contributed by atoms with van der Waals surface area (Å²) in [5.41, 5.74) is 1.46. The van der Waals surface area contributed by atoms with Gasteiger partial charge < -0.3 is 14.5 Å². The molecule has 2 rings (SSSR count). The first-order valence-corrected chi connectivity index (χ1v) is 6.72. The number of benzene rings is 1. The van der Waals surface area contributed by atoms with E-state index < -0.39 is 5.97 Å². The maximum atomic E-state index is 12.8. The summed E-state index contributed by atoms with van der Waals surface area (Å²) in [7, 11) is 1.33. The van der Waals surface area contributed by atoms with Crippen LogP contribution in [-0.2, 0) is 17.7 Å². The first kappa shape index (κ1) is 15.3. The normalized spacial score (nSPS) is 12.1. The van der Waals surface area contributed by atoms with Crippen LogP contribution >= 0.6 is 0 Å². The fraction of sp³-hybridized carbons (Fsp3) is 0.312. The summed E-state index contributed by atoms with van der Waals surface area (Å²) >= 11 is 0. The average molecular weight is 291 g/mol. The van der Waals surface area contributed by atoms with Gasteiger partial charge in [-0.2, -0.15) is 0 Å². The van der Waals surface area contributed by atoms with Crippen molar-refractivity contribution in [1.29, 1.82) is 0 Å². The molecule has 112 valence electrons. The molecular formula is C16H18FNO3. The maximum Gasteiger partial charge on any atom is 0.341 e. The Kier molecular flexibility index (Phi) is 5.11. The molecule has 1 heterocycles. The van der Waals surface area contributed by atoms with Crippen LogP contribution in [0.15, 0.2) is 41.0 Å². The van der Waals surface area contributed by atoms with Gasteiger partial charge in [-0.3, -0.25) is 0 Å². The van der Waals surface area contributed by atoms with Crippen LogP contribution in [0.5, 0.6) is 0 Å². The van der Waals surface area contributed by atoms with Crippen molar-refractivity contribution >= 4 is 5.97 Å². The monoisotopic (exact) mass is 291 g/mol. The Morgan fingerprint density at radius 3 is 2.76 bits per heavy atom. The molecule has 0 radical (unpaired) electrons. The zero-order valence-corrected chi connectivity index (χ0v) is 12.1. The van der Waals surface area contributed by atoms with Crippen molar-refractivity contribution in [3.63, 3.8) is 0 Å². The molecule has 1 aromatic heterocycles. The standard InChI is InChI=1S/C16H18FNO3/c1-11(7-12-3-5-14(17)6-4-12)18-9-15-8-13(10-21-15)16(19)20-2/h3-6,8,10-11,18H,7,9H2,1-2H3. The summed E-state index contributed by atoms with van der Waals surface area (Å²) in [6.45, 7) is 2.55. The molecule has 0 amide bonds. The van der Waals surface area contributed by atoms with E-state index in [0.29, 0.717) is 17.9 Å². The maximum absolute atomic E-state index is 12.8. The summed E-state index contributed by atoms with van der Waals surface area (Å²) in [4.78, 5) is 11.3. The van der Waals surface area contributed by atoms with Gasteiger partial charge in [0.25, 0.3) is 0 Å². The van der Waals surface area contributed by atoms with E-state index in [2.05, 4.69) is 10.1 Å². The number of halogens is 1. The van der Waals surface area contributed by atoms with E-state index >= 15 is 0 Å². The number of carbonyl (C=O) groups is 1. The van der Waals surface area contributed by atoms with Gasteiger partial charge in [-0.1, -0.05) is 12.1 Å². The van der Waals surface area contributed by atoms with Crippen LogP contribution in [0.3, 0.4) is 0 Å². The molecule has 4 nitrogen and oxygen atoms in total. The van der Waals surface area contributed by atoms with E-state index in [1.54, 1.807) is 18.2 Å². The van der Waals surface area contributed by atoms with Gasteiger partial charge in [-0.25, -0.2) is 9.18 Å². The Labute approximate surface area is 122 Å². The number of hydrogen-bond acceptors (Lipinski definition) is 4. The molecule has 0 saturated carbocycles. The second-order valence-electron chi connectivity index (χ2n) is 4.91. The second-order valence-corrected chi connectivity index (χ2v) is 4.91. The minimum absolute atomic E-state index is 0.196. The van der Waals surface area contributed by atoms with Gasteiger partial charge in [0.2, 0.25) is 0 Å². The van der Waals surface area contributed by atoms with Gasteiger partial charge in [0.1, 0.15) is 17.8 Å². The molecule has 21 heavy (non-hydrogen) atoms. The van der Waals surface area contributed by atoms with Crippen LogP contribution in [0.25, 0.3) is 0 Å². The van der Waals surface area contributed by atoms with Crippen molar-refractivity contribution in [2.24, 2.45) is 0 Å². The van der Waals surface area contributed by atoms with Gasteiger partial charge in [0.15, 0.2) is 0 Å². The third-order valence-electron chi connectivity index (χ3n) is 3.15. The number of carbonyl (C=O) groups excluding carboxylic acids is 1. The van der Waals surface area contributed by atoms with Crippen LogP contribution in [0, 0.1) is 5.82 Å². The number of esters is 1. The lowest BCUT2D eigenvalue weighted by atomic mass is 10.1. The summed E-state index contributed by atoms with van der Waals surface area (Å²) in [5, 5.41) is 3.29. The molecular weight excluding hydrogens is 273 g/mol. The summed E-state index contributed by atoms with van der Waals surface area (Å²) in [6, 6.07) is 8.31. The lowest BCUT2D eigenvalue weighted by Gasteiger charge is -2.12. The zero-order chi connectivity index (χ0) is 15.2. The van der Waals surface area contributed by atoms with E-state index in [1.165, 1.54) is 25.5 Å². The van der Waals surface area contributed by atoms with Crippen LogP contribution in [0.4, 0.5) is 4.39 Å². The number of hydrogen-bond donors (Lipinski definition) is 1. The Bertz CT molecular complexity index is 592. The Morgan fingerprint density at radius 2 is 2.10 bits per heavy atom. The predicted octanol–water partition coefficient (Wildman–Crippen LogP) is 2.93. The van der Waals surface area contributed by atoms with Gasteiger partial charge in [0, 0.05) is 6.04 Å². The molecule has 0 aliphatic rings. The van der Waals surface area contributed by atoms with Crippen molar-refractivity contribution in [3.05, 3.63) is 59.3 Å². The first-order valence-electron chi connectivity index (χ1n) is 6.72. The minimum atomic E-state index is -0.413. The highest BCUT2D eigenvalue weighted by atomic mass is 19.1. The van der Waals surface area contributed by atoms with Crippen LogP contribution in [0.2, 0.25) is 0 Å². The molecule has 1 N–H and O–H groups in total. The van der Waals surface area contributed by atoms with E-state index in [-0.39, 0.29) is 11.9 Å². The smallest absolute Gasteiger partial charge is 0.341 e. The second kappa shape index (κ2) is 7.04. The van der Waals surface area contributed by atoms with E-state index in [4.69, 9.17) is 4.42 Å². The third kappa shape index (κ3) is 4.43. The minimum Gasteiger partial charge on any atom is -0.467 e. The number of nitrogens with one attached hydrogen (secondary N) is 1. The Balaban J connectivity index is 1.83. The predicted molar refractivity (Wildman–Crippen MR) is 76.5 cm³/mol. The Hall–Kier alpha value is -2.14. The summed E-state index contributed by atoms with van der Waals surface area (Å²) in [6.07, 6.45) is 2.17. The van der Waals surface area contributed by atoms with Crippen LogP contribution in [-0.4, -0.2) is 19.1 Å². The highest BCUT2D eigenvalue weighted by Crippen LogP contribution is 2.10. The zero-order valence-electron chi connectivity index (χ0n) is 12.1. The SMILES string of the molecule is COC(=O)c1coc(CNC(C)Cc2ccc(F)cc2)c1. The number of ether oxygens (including phenoxy) is 1. The first-order chi connectivity index (χ1) is 10.1. The van der Waals surface area contributed by atoms with Gasteiger partial charge in [-0.15, -0.1) is 0 Å². The molecule has 0 bridgehead atoms. The number of methoxy groups -OCH3 is 1. The molecule has 1 unspecified atom stereocenters. The van der Waals surface area contributed by atoms with Crippen molar-refractivity contribution < 1.29 is 18.3 Å². The lowest BCUT2D eigenvalue weighted by molar-refractivity contribution is 0.0600. The lowest BCUT2D eigenvalue weighted by Crippen LogP contribution is -2.27. The van der Waals surface area contributed by atoms with E-state index in [0.717, 1.165) is 12.0 Å². The van der Waals surface area contributed by atoms with Crippen molar-refractivity contribution in [2.45, 2.75) is 25.9 Å². The van der Waals surface area contributed by atoms with Crippen molar-refractivity contribution in [1.82, 2.24) is 5.32 Å². The quantitative estimate of drug-likeness (QED) is 0.831. The Morgan fingerprint density at radius 1 is 1.38 bits per heavy atom. The number of rotatable bonds is 6. The molecule has 1 atom stereocenters. The molecule has 0 aliphatic carbocycles. The molecule has 2 aromatic rings. The van der Waals surface area contributed by atoms with Gasteiger partial charge in [0.05, 0.1) is 19.2 Å². The molecule has 0 spiro atoms. The summed E-state index contributed by atoms with van der Waals surface area (Å²) in [5.74, 6) is 0.0241. The largest absolute Gasteiger partial charge is 0.467 e. The summed E-state index contributed by atoms with van der Waals surface area (Å²) < 4.78 is 22.7. The van der Waals surface area contributed by atoms with E-state index in [9.17, 15) is 9.18 Å².